The van der Waals surface area contributed by atoms with Crippen LogP contribution in [-0.4, -0.2) is 31.5 Å². The van der Waals surface area contributed by atoms with Gasteiger partial charge in [0.2, 0.25) is 17.5 Å². The Labute approximate surface area is 187 Å². The predicted molar refractivity (Wildman–Crippen MR) is 117 cm³/mol. The molecule has 0 saturated carbocycles. The second-order valence-electron chi connectivity index (χ2n) is 6.71. The Hall–Kier alpha value is -3.64. The van der Waals surface area contributed by atoms with Crippen LogP contribution in [0.3, 0.4) is 0 Å². The summed E-state index contributed by atoms with van der Waals surface area (Å²) in [6.07, 6.45) is 0. The number of aromatic amines is 1. The Balaban J connectivity index is 1.95. The van der Waals surface area contributed by atoms with Crippen molar-refractivity contribution in [3.05, 3.63) is 63.5 Å². The summed E-state index contributed by atoms with van der Waals surface area (Å²) in [6.45, 7) is 0. The third kappa shape index (κ3) is 3.45. The highest BCUT2D eigenvalue weighted by Gasteiger charge is 2.36. The number of nitrogens with zero attached hydrogens (tertiary/aromatic N) is 2. The number of hydrogen-bond donors (Lipinski definition) is 2. The summed E-state index contributed by atoms with van der Waals surface area (Å²) in [7, 11) is 4.64. The number of aromatic nitrogens is 2. The molecule has 1 atom stereocenters. The Kier molecular flexibility index (Phi) is 5.48. The molecule has 158 valence electrons. The maximum Gasteiger partial charge on any atom is 0.244 e. The van der Waals surface area contributed by atoms with E-state index in [1.807, 2.05) is 36.4 Å². The highest BCUT2D eigenvalue weighted by molar-refractivity contribution is 9.10. The minimum absolute atomic E-state index is 0.0332. The first-order valence-corrected chi connectivity index (χ1v) is 10.0. The largest absolute Gasteiger partial charge is 0.493 e. The first-order valence-electron chi connectivity index (χ1n) is 9.24. The molecule has 3 aromatic rings. The van der Waals surface area contributed by atoms with Gasteiger partial charge in [0.15, 0.2) is 11.5 Å². The number of ether oxygens (including phenoxy) is 4. The van der Waals surface area contributed by atoms with Crippen molar-refractivity contribution in [1.29, 1.82) is 5.26 Å². The topological polar surface area (TPSA) is 115 Å². The van der Waals surface area contributed by atoms with Crippen LogP contribution in [0.15, 0.2) is 52.3 Å². The van der Waals surface area contributed by atoms with Crippen molar-refractivity contribution in [3.8, 4) is 40.5 Å². The fourth-order valence-corrected chi connectivity index (χ4v) is 3.94. The smallest absolute Gasteiger partial charge is 0.244 e. The first-order chi connectivity index (χ1) is 15.0. The molecule has 0 saturated heterocycles. The molecule has 0 radical (unpaired) electrons. The fraction of sp³-hybridized carbons (Fsp3) is 0.182. The molecule has 0 amide bonds. The zero-order valence-corrected chi connectivity index (χ0v) is 18.6. The molecule has 0 spiro atoms. The summed E-state index contributed by atoms with van der Waals surface area (Å²) in [5.41, 5.74) is 9.32. The minimum atomic E-state index is -0.463. The summed E-state index contributed by atoms with van der Waals surface area (Å²) in [6, 6.07) is 13.5. The number of nitrogens with one attached hydrogen (secondary N) is 1. The Bertz CT molecular complexity index is 1190. The molecule has 2 aromatic carbocycles. The average Bonchev–Trinajstić information content (AvgIpc) is 3.20. The van der Waals surface area contributed by atoms with Crippen LogP contribution in [0.4, 0.5) is 0 Å². The van der Waals surface area contributed by atoms with Crippen LogP contribution in [0.25, 0.3) is 11.3 Å². The third-order valence-electron chi connectivity index (χ3n) is 5.10. The zero-order chi connectivity index (χ0) is 22.1. The summed E-state index contributed by atoms with van der Waals surface area (Å²) in [4.78, 5) is 0. The monoisotopic (exact) mass is 482 g/mol. The van der Waals surface area contributed by atoms with Gasteiger partial charge in [-0.2, -0.15) is 5.26 Å². The van der Waals surface area contributed by atoms with Crippen molar-refractivity contribution in [2.75, 3.05) is 21.3 Å². The molecule has 1 unspecified atom stereocenters. The normalized spacial score (nSPS) is 15.0. The molecule has 3 N–H and O–H groups in total. The lowest BCUT2D eigenvalue weighted by Crippen LogP contribution is -2.21. The standard InChI is InChI=1S/C22H19BrN4O4/c1-28-15-8-12(9-16(29-2)20(15)30-3)19-18-17(11-4-6-13(23)7-5-11)14(10-24)21(25)31-22(18)27-26-19/h4-9,17H,25H2,1-3H3,(H,26,27). The molecule has 9 heteroatoms. The Morgan fingerprint density at radius 3 is 2.29 bits per heavy atom. The maximum atomic E-state index is 9.84. The molecule has 8 nitrogen and oxygen atoms in total. The maximum absolute atomic E-state index is 9.84. The SMILES string of the molecule is COc1cc(-c2[nH]nc3c2C(c2ccc(Br)cc2)C(C#N)=C(N)O3)cc(OC)c1OC. The van der Waals surface area contributed by atoms with Crippen molar-refractivity contribution in [2.24, 2.45) is 5.73 Å². The van der Waals surface area contributed by atoms with Gasteiger partial charge in [-0.3, -0.25) is 5.10 Å². The van der Waals surface area contributed by atoms with Crippen molar-refractivity contribution >= 4 is 15.9 Å². The molecule has 31 heavy (non-hydrogen) atoms. The van der Waals surface area contributed by atoms with Crippen molar-refractivity contribution in [2.45, 2.75) is 5.92 Å². The second kappa shape index (κ2) is 8.24. The average molecular weight is 483 g/mol. The van der Waals surface area contributed by atoms with Gasteiger partial charge in [0.05, 0.1) is 38.5 Å². The predicted octanol–water partition coefficient (Wildman–Crippen LogP) is 4.08. The van der Waals surface area contributed by atoms with Crippen LogP contribution in [0.5, 0.6) is 23.1 Å². The number of allylic oxidation sites excluding steroid dienone is 1. The zero-order valence-electron chi connectivity index (χ0n) is 17.0. The van der Waals surface area contributed by atoms with Gasteiger partial charge < -0.3 is 24.7 Å². The van der Waals surface area contributed by atoms with Gasteiger partial charge in [-0.15, -0.1) is 5.10 Å². The Morgan fingerprint density at radius 2 is 1.74 bits per heavy atom. The third-order valence-corrected chi connectivity index (χ3v) is 5.62. The van der Waals surface area contributed by atoms with Crippen molar-refractivity contribution in [3.63, 3.8) is 0 Å². The van der Waals surface area contributed by atoms with Crippen LogP contribution in [0, 0.1) is 11.3 Å². The number of rotatable bonds is 5. The molecule has 0 aliphatic carbocycles. The van der Waals surface area contributed by atoms with E-state index in [0.29, 0.717) is 40.0 Å². The molecule has 0 bridgehead atoms. The van der Waals surface area contributed by atoms with E-state index in [1.165, 1.54) is 0 Å². The summed E-state index contributed by atoms with van der Waals surface area (Å²) in [5, 5.41) is 17.2. The molecular formula is C22H19BrN4O4. The van der Waals surface area contributed by atoms with Gasteiger partial charge in [-0.05, 0) is 29.8 Å². The lowest BCUT2D eigenvalue weighted by molar-refractivity contribution is 0.324. The van der Waals surface area contributed by atoms with Crippen LogP contribution >= 0.6 is 15.9 Å². The van der Waals surface area contributed by atoms with Gasteiger partial charge in [0, 0.05) is 10.0 Å². The van der Waals surface area contributed by atoms with E-state index < -0.39 is 5.92 Å². The van der Waals surface area contributed by atoms with Gasteiger partial charge in [0.25, 0.3) is 0 Å². The number of fused-ring (bicyclic) bond motifs is 1. The number of hydrogen-bond acceptors (Lipinski definition) is 7. The van der Waals surface area contributed by atoms with Crippen LogP contribution in [0.1, 0.15) is 17.0 Å². The van der Waals surface area contributed by atoms with Gasteiger partial charge in [0.1, 0.15) is 11.6 Å². The van der Waals surface area contributed by atoms with Crippen molar-refractivity contribution in [1.82, 2.24) is 10.2 Å². The number of benzene rings is 2. The van der Waals surface area contributed by atoms with E-state index >= 15 is 0 Å². The number of halogens is 1. The molecule has 1 aliphatic rings. The lowest BCUT2D eigenvalue weighted by Gasteiger charge is -2.24. The van der Waals surface area contributed by atoms with Crippen LogP contribution in [0.2, 0.25) is 0 Å². The molecule has 1 aromatic heterocycles. The quantitative estimate of drug-likeness (QED) is 0.562. The molecular weight excluding hydrogens is 464 g/mol. The van der Waals surface area contributed by atoms with Gasteiger partial charge >= 0.3 is 0 Å². The van der Waals surface area contributed by atoms with E-state index in [-0.39, 0.29) is 5.88 Å². The Morgan fingerprint density at radius 1 is 1.10 bits per heavy atom. The number of H-pyrrole nitrogens is 1. The molecule has 2 heterocycles. The van der Waals surface area contributed by atoms with Crippen LogP contribution in [-0.2, 0) is 0 Å². The van der Waals surface area contributed by atoms with Gasteiger partial charge in [-0.25, -0.2) is 0 Å². The van der Waals surface area contributed by atoms with E-state index in [2.05, 4.69) is 32.2 Å². The number of nitriles is 1. The summed E-state index contributed by atoms with van der Waals surface area (Å²) >= 11 is 3.45. The van der Waals surface area contributed by atoms with Gasteiger partial charge in [-0.1, -0.05) is 28.1 Å². The van der Waals surface area contributed by atoms with Crippen LogP contribution < -0.4 is 24.7 Å². The summed E-state index contributed by atoms with van der Waals surface area (Å²) in [5.74, 6) is 1.35. The van der Waals surface area contributed by atoms with Crippen molar-refractivity contribution < 1.29 is 18.9 Å². The van der Waals surface area contributed by atoms with E-state index in [0.717, 1.165) is 15.6 Å². The van der Waals surface area contributed by atoms with E-state index in [1.54, 1.807) is 21.3 Å². The number of nitrogens with two attached hydrogens (primary N) is 1. The highest BCUT2D eigenvalue weighted by atomic mass is 79.9. The highest BCUT2D eigenvalue weighted by Crippen LogP contribution is 2.48. The molecule has 0 fully saturated rings. The first kappa shape index (κ1) is 20.6. The number of methoxy groups -OCH3 is 3. The van der Waals surface area contributed by atoms with E-state index in [4.69, 9.17) is 24.7 Å². The second-order valence-corrected chi connectivity index (χ2v) is 7.62. The molecule has 1 aliphatic heterocycles. The lowest BCUT2D eigenvalue weighted by atomic mass is 9.83. The molecule has 4 rings (SSSR count). The fourth-order valence-electron chi connectivity index (χ4n) is 3.68. The van der Waals surface area contributed by atoms with E-state index in [9.17, 15) is 5.26 Å². The minimum Gasteiger partial charge on any atom is -0.493 e. The summed E-state index contributed by atoms with van der Waals surface area (Å²) < 4.78 is 23.0.